The number of ether oxygens (including phenoxy) is 1. The van der Waals surface area contributed by atoms with Crippen molar-refractivity contribution in [2.75, 3.05) is 6.61 Å². The number of benzene rings is 1. The van der Waals surface area contributed by atoms with E-state index in [2.05, 4.69) is 15.5 Å². The molecule has 1 aromatic carbocycles. The van der Waals surface area contributed by atoms with Gasteiger partial charge in [-0.3, -0.25) is 9.89 Å². The van der Waals surface area contributed by atoms with E-state index in [0.29, 0.717) is 29.3 Å². The molecule has 2 N–H and O–H groups in total. The van der Waals surface area contributed by atoms with Gasteiger partial charge in [-0.2, -0.15) is 5.10 Å². The van der Waals surface area contributed by atoms with E-state index in [1.54, 1.807) is 24.3 Å². The topological polar surface area (TPSA) is 71.9 Å². The van der Waals surface area contributed by atoms with Crippen LogP contribution in [0.4, 0.5) is 0 Å². The Hall–Kier alpha value is -2.15. The van der Waals surface area contributed by atoms with Crippen LogP contribution in [0, 0.1) is 4.77 Å². The number of aromatic amines is 1. The number of nitrogens with one attached hydrogen (secondary N) is 2. The van der Waals surface area contributed by atoms with E-state index < -0.39 is 0 Å². The Balaban J connectivity index is 2.02. The summed E-state index contributed by atoms with van der Waals surface area (Å²) in [6, 6.07) is 7.22. The molecular formula is C15H20N4O2S. The molecule has 6 nitrogen and oxygen atoms in total. The molecule has 2 rings (SSSR count). The first kappa shape index (κ1) is 16.2. The lowest BCUT2D eigenvalue weighted by Crippen LogP contribution is -2.25. The summed E-state index contributed by atoms with van der Waals surface area (Å²) in [6.07, 6.45) is 0. The van der Waals surface area contributed by atoms with Crippen molar-refractivity contribution in [3.8, 4) is 5.75 Å². The molecule has 0 aliphatic heterocycles. The third kappa shape index (κ3) is 3.73. The van der Waals surface area contributed by atoms with Crippen LogP contribution >= 0.6 is 12.2 Å². The summed E-state index contributed by atoms with van der Waals surface area (Å²) >= 11 is 5.18. The molecule has 0 aliphatic carbocycles. The zero-order valence-electron chi connectivity index (χ0n) is 12.9. The van der Waals surface area contributed by atoms with Crippen molar-refractivity contribution in [1.29, 1.82) is 0 Å². The average Bonchev–Trinajstić information content (AvgIpc) is 2.87. The molecule has 0 radical (unpaired) electrons. The van der Waals surface area contributed by atoms with E-state index in [0.717, 1.165) is 5.75 Å². The van der Waals surface area contributed by atoms with Crippen LogP contribution in [0.1, 0.15) is 43.0 Å². The van der Waals surface area contributed by atoms with Gasteiger partial charge in [0.05, 0.1) is 13.2 Å². The Labute approximate surface area is 134 Å². The largest absolute Gasteiger partial charge is 0.494 e. The van der Waals surface area contributed by atoms with Gasteiger partial charge in [0.25, 0.3) is 5.91 Å². The van der Waals surface area contributed by atoms with Gasteiger partial charge >= 0.3 is 0 Å². The van der Waals surface area contributed by atoms with Crippen molar-refractivity contribution >= 4 is 18.1 Å². The molecule has 0 saturated heterocycles. The van der Waals surface area contributed by atoms with Crippen LogP contribution in [0.25, 0.3) is 0 Å². The number of H-pyrrole nitrogens is 1. The fourth-order valence-electron chi connectivity index (χ4n) is 2.13. The second kappa shape index (κ2) is 7.22. The summed E-state index contributed by atoms with van der Waals surface area (Å²) in [5.74, 6) is 1.30. The van der Waals surface area contributed by atoms with E-state index in [-0.39, 0.29) is 11.9 Å². The fraction of sp³-hybridized carbons (Fsp3) is 0.400. The number of carbonyl (C=O) groups is 1. The van der Waals surface area contributed by atoms with Crippen molar-refractivity contribution in [3.05, 3.63) is 40.4 Å². The molecule has 0 bridgehead atoms. The first-order chi connectivity index (χ1) is 10.5. The molecule has 0 aliphatic rings. The van der Waals surface area contributed by atoms with E-state index in [4.69, 9.17) is 17.0 Å². The number of amides is 1. The van der Waals surface area contributed by atoms with E-state index in [9.17, 15) is 4.79 Å². The summed E-state index contributed by atoms with van der Waals surface area (Å²) in [4.78, 5) is 12.1. The smallest absolute Gasteiger partial charge is 0.251 e. The number of hydrogen-bond donors (Lipinski definition) is 2. The number of aromatic nitrogens is 3. The van der Waals surface area contributed by atoms with Gasteiger partial charge in [-0.05, 0) is 57.3 Å². The summed E-state index contributed by atoms with van der Waals surface area (Å²) in [7, 11) is 0. The molecular weight excluding hydrogens is 300 g/mol. The van der Waals surface area contributed by atoms with Gasteiger partial charge in [0.2, 0.25) is 0 Å². The maximum atomic E-state index is 12.1. The quantitative estimate of drug-likeness (QED) is 0.803. The van der Waals surface area contributed by atoms with Gasteiger partial charge in [0, 0.05) is 11.6 Å². The Morgan fingerprint density at radius 3 is 2.68 bits per heavy atom. The molecule has 0 spiro atoms. The van der Waals surface area contributed by atoms with Crippen molar-refractivity contribution in [3.63, 3.8) is 0 Å². The molecule has 22 heavy (non-hydrogen) atoms. The first-order valence-corrected chi connectivity index (χ1v) is 7.60. The summed E-state index contributed by atoms with van der Waals surface area (Å²) in [6.45, 7) is 6.87. The molecule has 1 amide bonds. The molecule has 2 aromatic rings. The third-order valence-corrected chi connectivity index (χ3v) is 3.42. The standard InChI is InChI=1S/C15H20N4O2S/c1-4-21-12-7-5-11(6-8-12)14(20)16-9-13-17-18-15(22)19(13)10(2)3/h5-8,10H,4,9H2,1-3H3,(H,16,20)(H,18,22). The van der Waals surface area contributed by atoms with Gasteiger partial charge < -0.3 is 14.6 Å². The molecule has 118 valence electrons. The number of hydrogen-bond acceptors (Lipinski definition) is 4. The monoisotopic (exact) mass is 320 g/mol. The molecule has 0 atom stereocenters. The molecule has 0 saturated carbocycles. The van der Waals surface area contributed by atoms with Crippen LogP contribution in [-0.4, -0.2) is 27.3 Å². The predicted molar refractivity (Wildman–Crippen MR) is 86.6 cm³/mol. The van der Waals surface area contributed by atoms with Crippen molar-refractivity contribution in [1.82, 2.24) is 20.1 Å². The van der Waals surface area contributed by atoms with E-state index in [1.807, 2.05) is 25.3 Å². The number of rotatable bonds is 6. The van der Waals surface area contributed by atoms with Crippen LogP contribution in [-0.2, 0) is 6.54 Å². The van der Waals surface area contributed by atoms with Gasteiger partial charge in [-0.25, -0.2) is 0 Å². The highest BCUT2D eigenvalue weighted by Gasteiger charge is 2.11. The molecule has 0 unspecified atom stereocenters. The zero-order chi connectivity index (χ0) is 16.1. The van der Waals surface area contributed by atoms with Crippen molar-refractivity contribution < 1.29 is 9.53 Å². The van der Waals surface area contributed by atoms with Crippen molar-refractivity contribution in [2.45, 2.75) is 33.4 Å². The van der Waals surface area contributed by atoms with E-state index >= 15 is 0 Å². The second-order valence-corrected chi connectivity index (χ2v) is 5.44. The van der Waals surface area contributed by atoms with Gasteiger partial charge in [0.1, 0.15) is 5.75 Å². The third-order valence-electron chi connectivity index (χ3n) is 3.13. The van der Waals surface area contributed by atoms with Crippen LogP contribution < -0.4 is 10.1 Å². The van der Waals surface area contributed by atoms with Gasteiger partial charge in [-0.1, -0.05) is 0 Å². The van der Waals surface area contributed by atoms with Crippen LogP contribution in [0.3, 0.4) is 0 Å². The van der Waals surface area contributed by atoms with Gasteiger partial charge in [0.15, 0.2) is 10.6 Å². The Morgan fingerprint density at radius 2 is 2.09 bits per heavy atom. The Kier molecular flexibility index (Phi) is 5.32. The number of carbonyl (C=O) groups excluding carboxylic acids is 1. The van der Waals surface area contributed by atoms with Crippen LogP contribution in [0.5, 0.6) is 5.75 Å². The van der Waals surface area contributed by atoms with E-state index in [1.165, 1.54) is 0 Å². The maximum absolute atomic E-state index is 12.1. The molecule has 7 heteroatoms. The van der Waals surface area contributed by atoms with Crippen LogP contribution in [0.2, 0.25) is 0 Å². The highest BCUT2D eigenvalue weighted by atomic mass is 32.1. The maximum Gasteiger partial charge on any atom is 0.251 e. The summed E-state index contributed by atoms with van der Waals surface area (Å²) < 4.78 is 7.79. The lowest BCUT2D eigenvalue weighted by Gasteiger charge is -2.11. The SMILES string of the molecule is CCOc1ccc(C(=O)NCc2n[nH]c(=S)n2C(C)C)cc1. The van der Waals surface area contributed by atoms with Crippen molar-refractivity contribution in [2.24, 2.45) is 0 Å². The second-order valence-electron chi connectivity index (χ2n) is 5.05. The summed E-state index contributed by atoms with van der Waals surface area (Å²) in [5.41, 5.74) is 0.577. The van der Waals surface area contributed by atoms with Gasteiger partial charge in [-0.15, -0.1) is 0 Å². The highest BCUT2D eigenvalue weighted by molar-refractivity contribution is 7.71. The average molecular weight is 320 g/mol. The zero-order valence-corrected chi connectivity index (χ0v) is 13.7. The first-order valence-electron chi connectivity index (χ1n) is 7.19. The lowest BCUT2D eigenvalue weighted by molar-refractivity contribution is 0.0949. The highest BCUT2D eigenvalue weighted by Crippen LogP contribution is 2.12. The molecule has 1 heterocycles. The Morgan fingerprint density at radius 1 is 1.41 bits per heavy atom. The minimum absolute atomic E-state index is 0.160. The number of nitrogens with zero attached hydrogens (tertiary/aromatic N) is 2. The Bertz CT molecular complexity index is 688. The minimum atomic E-state index is -0.160. The molecule has 0 fully saturated rings. The molecule has 1 aromatic heterocycles. The normalized spacial score (nSPS) is 10.7. The predicted octanol–water partition coefficient (Wildman–Crippen LogP) is 2.85. The summed E-state index contributed by atoms with van der Waals surface area (Å²) in [5, 5.41) is 9.75. The van der Waals surface area contributed by atoms with Crippen LogP contribution in [0.15, 0.2) is 24.3 Å². The minimum Gasteiger partial charge on any atom is -0.494 e. The lowest BCUT2D eigenvalue weighted by atomic mass is 10.2. The fourth-order valence-corrected chi connectivity index (χ4v) is 2.49.